The van der Waals surface area contributed by atoms with Gasteiger partial charge in [-0.1, -0.05) is 13.3 Å². The highest BCUT2D eigenvalue weighted by atomic mass is 16.5. The van der Waals surface area contributed by atoms with Gasteiger partial charge in [0.1, 0.15) is 0 Å². The first-order valence-electron chi connectivity index (χ1n) is 6.78. The molecule has 100 valence electrons. The lowest BCUT2D eigenvalue weighted by atomic mass is 9.96. The van der Waals surface area contributed by atoms with Crippen LogP contribution in [-0.4, -0.2) is 50.7 Å². The van der Waals surface area contributed by atoms with Gasteiger partial charge in [-0.05, 0) is 39.4 Å². The van der Waals surface area contributed by atoms with Crippen LogP contribution in [0.25, 0.3) is 0 Å². The maximum atomic E-state index is 11.8. The molecule has 0 aromatic heterocycles. The molecule has 17 heavy (non-hydrogen) atoms. The molecule has 1 aliphatic heterocycles. The molecule has 1 rings (SSSR count). The molecule has 1 saturated heterocycles. The molecule has 0 aromatic carbocycles. The highest BCUT2D eigenvalue weighted by Gasteiger charge is 2.22. The van der Waals surface area contributed by atoms with Gasteiger partial charge in [0, 0.05) is 19.1 Å². The number of nitrogens with one attached hydrogen (secondary N) is 1. The van der Waals surface area contributed by atoms with Crippen molar-refractivity contribution in [1.29, 1.82) is 0 Å². The topological polar surface area (TPSA) is 41.6 Å². The van der Waals surface area contributed by atoms with Crippen molar-refractivity contribution in [1.82, 2.24) is 10.2 Å². The summed E-state index contributed by atoms with van der Waals surface area (Å²) >= 11 is 0. The van der Waals surface area contributed by atoms with Crippen molar-refractivity contribution in [3.8, 4) is 0 Å². The van der Waals surface area contributed by atoms with Crippen molar-refractivity contribution in [3.05, 3.63) is 0 Å². The number of carbonyl (C=O) groups is 1. The summed E-state index contributed by atoms with van der Waals surface area (Å²) in [5.41, 5.74) is 0. The molecule has 0 saturated carbocycles. The van der Waals surface area contributed by atoms with Crippen LogP contribution in [0.15, 0.2) is 0 Å². The maximum Gasteiger partial charge on any atom is 0.223 e. The summed E-state index contributed by atoms with van der Waals surface area (Å²) < 4.78 is 5.41. The number of likely N-dealkylation sites (tertiary alicyclic amines) is 1. The fraction of sp³-hybridized carbons (Fsp3) is 0.923. The Morgan fingerprint density at radius 1 is 1.35 bits per heavy atom. The Labute approximate surface area is 105 Å². The third kappa shape index (κ3) is 6.03. The standard InChI is InChI=1S/C13H26N2O2/c1-3-4-10-17-11-7-14-13(16)12-5-8-15(2)9-6-12/h12H,3-11H2,1-2H3,(H,14,16). The molecule has 4 heteroatoms. The minimum Gasteiger partial charge on any atom is -0.380 e. The van der Waals surface area contributed by atoms with Gasteiger partial charge in [0.25, 0.3) is 0 Å². The summed E-state index contributed by atoms with van der Waals surface area (Å²) in [5.74, 6) is 0.416. The number of hydrogen-bond donors (Lipinski definition) is 1. The van der Waals surface area contributed by atoms with Crippen molar-refractivity contribution < 1.29 is 9.53 Å². The van der Waals surface area contributed by atoms with E-state index in [1.165, 1.54) is 0 Å². The van der Waals surface area contributed by atoms with Gasteiger partial charge in [-0.15, -0.1) is 0 Å². The second-order valence-corrected chi connectivity index (χ2v) is 4.83. The molecule has 0 aromatic rings. The molecule has 0 atom stereocenters. The van der Waals surface area contributed by atoms with E-state index in [1.807, 2.05) is 0 Å². The summed E-state index contributed by atoms with van der Waals surface area (Å²) in [4.78, 5) is 14.1. The molecule has 0 aliphatic carbocycles. The molecule has 0 bridgehead atoms. The summed E-state index contributed by atoms with van der Waals surface area (Å²) in [6.45, 7) is 6.30. The van der Waals surface area contributed by atoms with E-state index >= 15 is 0 Å². The van der Waals surface area contributed by atoms with Crippen LogP contribution in [0.1, 0.15) is 32.6 Å². The number of ether oxygens (including phenoxy) is 1. The van der Waals surface area contributed by atoms with E-state index in [0.717, 1.165) is 45.4 Å². The summed E-state index contributed by atoms with van der Waals surface area (Å²) in [7, 11) is 2.11. The second-order valence-electron chi connectivity index (χ2n) is 4.83. The Bertz CT molecular complexity index is 213. The van der Waals surface area contributed by atoms with Crippen molar-refractivity contribution in [2.45, 2.75) is 32.6 Å². The van der Waals surface area contributed by atoms with Crippen molar-refractivity contribution in [3.63, 3.8) is 0 Å². The van der Waals surface area contributed by atoms with Crippen LogP contribution in [0.3, 0.4) is 0 Å². The predicted molar refractivity (Wildman–Crippen MR) is 69.0 cm³/mol. The highest BCUT2D eigenvalue weighted by Crippen LogP contribution is 2.15. The largest absolute Gasteiger partial charge is 0.380 e. The van der Waals surface area contributed by atoms with E-state index in [1.54, 1.807) is 0 Å². The lowest BCUT2D eigenvalue weighted by Gasteiger charge is -2.28. The molecular weight excluding hydrogens is 216 g/mol. The smallest absolute Gasteiger partial charge is 0.223 e. The van der Waals surface area contributed by atoms with Crippen LogP contribution in [-0.2, 0) is 9.53 Å². The number of rotatable bonds is 7. The molecule has 1 fully saturated rings. The Kier molecular flexibility index (Phi) is 7.21. The van der Waals surface area contributed by atoms with Crippen molar-refractivity contribution in [2.75, 3.05) is 39.9 Å². The molecule has 1 N–H and O–H groups in total. The fourth-order valence-corrected chi connectivity index (χ4v) is 2.01. The third-order valence-electron chi connectivity index (χ3n) is 3.28. The zero-order valence-corrected chi connectivity index (χ0v) is 11.2. The van der Waals surface area contributed by atoms with Crippen LogP contribution in [0.2, 0.25) is 0 Å². The van der Waals surface area contributed by atoms with Crippen molar-refractivity contribution in [2.24, 2.45) is 5.92 Å². The number of carbonyl (C=O) groups excluding carboxylic acids is 1. The Morgan fingerprint density at radius 3 is 2.71 bits per heavy atom. The third-order valence-corrected chi connectivity index (χ3v) is 3.28. The quantitative estimate of drug-likeness (QED) is 0.683. The molecule has 1 aliphatic rings. The van der Waals surface area contributed by atoms with Gasteiger partial charge >= 0.3 is 0 Å². The second kappa shape index (κ2) is 8.48. The van der Waals surface area contributed by atoms with Crippen LogP contribution < -0.4 is 5.32 Å². The van der Waals surface area contributed by atoms with Crippen LogP contribution >= 0.6 is 0 Å². The molecule has 0 unspecified atom stereocenters. The van der Waals surface area contributed by atoms with E-state index < -0.39 is 0 Å². The molecule has 0 spiro atoms. The van der Waals surface area contributed by atoms with Crippen LogP contribution in [0.4, 0.5) is 0 Å². The Balaban J connectivity index is 2.01. The lowest BCUT2D eigenvalue weighted by molar-refractivity contribution is -0.126. The molecule has 4 nitrogen and oxygen atoms in total. The fourth-order valence-electron chi connectivity index (χ4n) is 2.01. The normalized spacial score (nSPS) is 18.2. The minimum absolute atomic E-state index is 0.206. The van der Waals surface area contributed by atoms with Gasteiger partial charge in [-0.3, -0.25) is 4.79 Å². The first-order valence-corrected chi connectivity index (χ1v) is 6.78. The van der Waals surface area contributed by atoms with Gasteiger partial charge < -0.3 is 15.0 Å². The average Bonchev–Trinajstić information content (AvgIpc) is 2.34. The van der Waals surface area contributed by atoms with E-state index in [9.17, 15) is 4.79 Å². The van der Waals surface area contributed by atoms with Gasteiger partial charge in [0.2, 0.25) is 5.91 Å². The van der Waals surface area contributed by atoms with E-state index in [4.69, 9.17) is 4.74 Å². The van der Waals surface area contributed by atoms with Gasteiger partial charge in [0.15, 0.2) is 0 Å². The number of hydrogen-bond acceptors (Lipinski definition) is 3. The zero-order chi connectivity index (χ0) is 12.5. The van der Waals surface area contributed by atoms with E-state index in [0.29, 0.717) is 13.2 Å². The summed E-state index contributed by atoms with van der Waals surface area (Å²) in [6.07, 6.45) is 4.23. The first-order chi connectivity index (χ1) is 8.24. The van der Waals surface area contributed by atoms with Gasteiger partial charge in [-0.2, -0.15) is 0 Å². The predicted octanol–water partition coefficient (Wildman–Crippen LogP) is 1.26. The average molecular weight is 242 g/mol. The zero-order valence-electron chi connectivity index (χ0n) is 11.2. The molecule has 1 amide bonds. The van der Waals surface area contributed by atoms with E-state index in [-0.39, 0.29) is 11.8 Å². The summed E-state index contributed by atoms with van der Waals surface area (Å²) in [6, 6.07) is 0. The monoisotopic (exact) mass is 242 g/mol. The minimum atomic E-state index is 0.206. The molecular formula is C13H26N2O2. The van der Waals surface area contributed by atoms with Gasteiger partial charge in [-0.25, -0.2) is 0 Å². The maximum absolute atomic E-state index is 11.8. The lowest BCUT2D eigenvalue weighted by Crippen LogP contribution is -2.39. The molecule has 0 radical (unpaired) electrons. The first kappa shape index (κ1) is 14.5. The van der Waals surface area contributed by atoms with Crippen LogP contribution in [0, 0.1) is 5.92 Å². The van der Waals surface area contributed by atoms with Crippen molar-refractivity contribution >= 4 is 5.91 Å². The number of unbranched alkanes of at least 4 members (excludes halogenated alkanes) is 1. The Hall–Kier alpha value is -0.610. The SMILES string of the molecule is CCCCOCCNC(=O)C1CCN(C)CC1. The van der Waals surface area contributed by atoms with Gasteiger partial charge in [0.05, 0.1) is 6.61 Å². The number of nitrogens with zero attached hydrogens (tertiary/aromatic N) is 1. The number of amides is 1. The van der Waals surface area contributed by atoms with E-state index in [2.05, 4.69) is 24.2 Å². The number of piperidine rings is 1. The highest BCUT2D eigenvalue weighted by molar-refractivity contribution is 5.78. The summed E-state index contributed by atoms with van der Waals surface area (Å²) in [5, 5.41) is 2.96. The molecule has 1 heterocycles. The van der Waals surface area contributed by atoms with Crippen LogP contribution in [0.5, 0.6) is 0 Å². The Morgan fingerprint density at radius 2 is 2.06 bits per heavy atom.